The molecule has 7 aromatic rings. The predicted molar refractivity (Wildman–Crippen MR) is 246 cm³/mol. The topological polar surface area (TPSA) is 0 Å². The lowest BCUT2D eigenvalue weighted by Crippen LogP contribution is -2.17. The van der Waals surface area contributed by atoms with Crippen LogP contribution in [0.5, 0.6) is 0 Å². The molecular formula is C52H46S2. The lowest BCUT2D eigenvalue weighted by atomic mass is 9.94. The van der Waals surface area contributed by atoms with Gasteiger partial charge < -0.3 is 0 Å². The highest BCUT2D eigenvalue weighted by molar-refractivity contribution is 7.26. The van der Waals surface area contributed by atoms with E-state index in [4.69, 9.17) is 0 Å². The first-order valence-electron chi connectivity index (χ1n) is 18.6. The van der Waals surface area contributed by atoms with Gasteiger partial charge in [-0.15, -0.1) is 22.7 Å². The van der Waals surface area contributed by atoms with Gasteiger partial charge in [0.2, 0.25) is 0 Å². The summed E-state index contributed by atoms with van der Waals surface area (Å²) in [6.45, 7) is 19.4. The molecule has 0 saturated heterocycles. The highest BCUT2D eigenvalue weighted by Gasteiger charge is 2.12. The smallest absolute Gasteiger partial charge is 0.0434 e. The van der Waals surface area contributed by atoms with Crippen LogP contribution in [-0.2, 0) is 0 Å². The molecule has 2 heteroatoms. The SMILES string of the molecule is C=C(/C=C\C)/C(C)=C\C(=C)c1ccccccc(/C(C)=C/C(=C\C)C/C=c2\c(=C/C)sc3c2ccc2cc4c(cc23)sc2ccccc24)c2ccccc12. The number of hydrogen-bond acceptors (Lipinski definition) is 2. The summed E-state index contributed by atoms with van der Waals surface area (Å²) in [6, 6.07) is 39.7. The van der Waals surface area contributed by atoms with Gasteiger partial charge in [-0.3, -0.25) is 0 Å². The fourth-order valence-electron chi connectivity index (χ4n) is 7.35. The Kier molecular flexibility index (Phi) is 11.1. The second-order valence-corrected chi connectivity index (χ2v) is 15.9. The highest BCUT2D eigenvalue weighted by atomic mass is 32.1. The Bertz CT molecular complexity index is 2930. The molecule has 0 amide bonds. The fraction of sp³-hybridized carbons (Fsp3) is 0.115. The van der Waals surface area contributed by atoms with Crippen molar-refractivity contribution in [2.24, 2.45) is 0 Å². The minimum atomic E-state index is 0.837. The van der Waals surface area contributed by atoms with E-state index in [2.05, 4.69) is 180 Å². The molecule has 0 aliphatic carbocycles. The summed E-state index contributed by atoms with van der Waals surface area (Å²) >= 11 is 3.80. The molecule has 0 spiro atoms. The van der Waals surface area contributed by atoms with Crippen LogP contribution in [0.1, 0.15) is 52.2 Å². The van der Waals surface area contributed by atoms with Crippen molar-refractivity contribution < 1.29 is 0 Å². The summed E-state index contributed by atoms with van der Waals surface area (Å²) in [4.78, 5) is 0. The highest BCUT2D eigenvalue weighted by Crippen LogP contribution is 2.38. The molecule has 266 valence electrons. The quantitative estimate of drug-likeness (QED) is 0.136. The van der Waals surface area contributed by atoms with Gasteiger partial charge in [0.25, 0.3) is 0 Å². The lowest BCUT2D eigenvalue weighted by Gasteiger charge is -2.11. The molecule has 0 aliphatic rings. The Labute approximate surface area is 327 Å². The van der Waals surface area contributed by atoms with E-state index in [9.17, 15) is 0 Å². The number of rotatable bonds is 8. The van der Waals surface area contributed by atoms with Gasteiger partial charge >= 0.3 is 0 Å². The van der Waals surface area contributed by atoms with Crippen LogP contribution in [0, 0.1) is 0 Å². The number of fused-ring (bicyclic) bond motifs is 7. The fourth-order valence-corrected chi connectivity index (χ4v) is 9.69. The third kappa shape index (κ3) is 7.33. The van der Waals surface area contributed by atoms with Crippen LogP contribution in [0.25, 0.3) is 75.1 Å². The van der Waals surface area contributed by atoms with Crippen LogP contribution in [0.4, 0.5) is 0 Å². The van der Waals surface area contributed by atoms with Crippen LogP contribution in [0.2, 0.25) is 0 Å². The molecule has 7 rings (SSSR count). The first-order valence-corrected chi connectivity index (χ1v) is 20.3. The number of thiophene rings is 2. The van der Waals surface area contributed by atoms with Crippen molar-refractivity contribution in [3.8, 4) is 0 Å². The van der Waals surface area contributed by atoms with Crippen LogP contribution >= 0.6 is 22.7 Å². The molecular weight excluding hydrogens is 689 g/mol. The van der Waals surface area contributed by atoms with Gasteiger partial charge in [0.05, 0.1) is 0 Å². The number of benzene rings is 4. The molecule has 0 saturated carbocycles. The monoisotopic (exact) mass is 734 g/mol. The first-order chi connectivity index (χ1) is 26.3. The Balaban J connectivity index is 1.30. The number of allylic oxidation sites excluding steroid dienone is 10. The summed E-state index contributed by atoms with van der Waals surface area (Å²) < 4.78 is 5.39. The zero-order chi connectivity index (χ0) is 37.8. The van der Waals surface area contributed by atoms with Gasteiger partial charge in [-0.05, 0) is 120 Å². The van der Waals surface area contributed by atoms with Crippen molar-refractivity contribution in [1.29, 1.82) is 0 Å². The average molecular weight is 735 g/mol. The van der Waals surface area contributed by atoms with Gasteiger partial charge in [-0.1, -0.05) is 147 Å². The predicted octanol–water partition coefficient (Wildman–Crippen LogP) is 14.8. The van der Waals surface area contributed by atoms with E-state index in [-0.39, 0.29) is 0 Å². The van der Waals surface area contributed by atoms with E-state index in [0.717, 1.165) is 34.1 Å². The Hall–Kier alpha value is -5.54. The van der Waals surface area contributed by atoms with Crippen molar-refractivity contribution in [2.75, 3.05) is 0 Å². The van der Waals surface area contributed by atoms with Gasteiger partial charge in [0.1, 0.15) is 0 Å². The summed E-state index contributed by atoms with van der Waals surface area (Å²) in [7, 11) is 0. The molecule has 2 aromatic heterocycles. The Morgan fingerprint density at radius 1 is 0.630 bits per heavy atom. The zero-order valence-electron chi connectivity index (χ0n) is 31.9. The molecule has 0 nitrogen and oxygen atoms in total. The summed E-state index contributed by atoms with van der Waals surface area (Å²) in [5, 5.41) is 10.3. The summed E-state index contributed by atoms with van der Waals surface area (Å²) in [5.41, 5.74) is 7.82. The van der Waals surface area contributed by atoms with Gasteiger partial charge in [-0.25, -0.2) is 0 Å². The molecule has 0 atom stereocenters. The van der Waals surface area contributed by atoms with Gasteiger partial charge in [0.15, 0.2) is 0 Å². The van der Waals surface area contributed by atoms with E-state index in [1.807, 2.05) is 41.7 Å². The largest absolute Gasteiger partial charge is 0.135 e. The molecule has 5 aromatic carbocycles. The van der Waals surface area contributed by atoms with E-state index < -0.39 is 0 Å². The van der Waals surface area contributed by atoms with Crippen LogP contribution in [-0.4, -0.2) is 0 Å². The minimum Gasteiger partial charge on any atom is -0.135 e. The van der Waals surface area contributed by atoms with Crippen molar-refractivity contribution >= 4 is 97.8 Å². The number of hydrogen-bond donors (Lipinski definition) is 0. The maximum Gasteiger partial charge on any atom is 0.0434 e. The molecule has 0 aliphatic heterocycles. The van der Waals surface area contributed by atoms with E-state index >= 15 is 0 Å². The maximum absolute atomic E-state index is 4.53. The second-order valence-electron chi connectivity index (χ2n) is 13.7. The molecule has 0 bridgehead atoms. The van der Waals surface area contributed by atoms with Crippen molar-refractivity contribution in [1.82, 2.24) is 0 Å². The minimum absolute atomic E-state index is 0.837. The van der Waals surface area contributed by atoms with Crippen molar-refractivity contribution in [3.05, 3.63) is 190 Å². The molecule has 0 unspecified atom stereocenters. The standard InChI is InChI=1S/C52H46S2/c1-8-19-34(4)35(5)30-36(6)40-20-13-11-12-14-21-41(43-23-16-15-22-42(40)43)37(7)31-38(9-2)26-28-45-46-29-27-39-32-48-44-24-17-18-25-50(44)53-51(48)33-47(39)52(46)54-49(45)10-3/h8-25,27-33H,4,6,26H2,1-3,5,7H3/b12-11?,13-11?,14-12?,19-8-,20-13?,21-14?,35-30-,37-31+,38-9-,40-20?,41-21?,42-40?,43-41?,45-28-,49-10+. The van der Waals surface area contributed by atoms with Crippen LogP contribution < -0.4 is 9.75 Å². The first kappa shape index (κ1) is 36.8. The van der Waals surface area contributed by atoms with E-state index in [1.165, 1.54) is 72.9 Å². The van der Waals surface area contributed by atoms with Gasteiger partial charge in [-0.2, -0.15) is 0 Å². The van der Waals surface area contributed by atoms with Crippen molar-refractivity contribution in [2.45, 2.75) is 41.0 Å². The molecule has 0 fully saturated rings. The van der Waals surface area contributed by atoms with E-state index in [0.29, 0.717) is 0 Å². The summed E-state index contributed by atoms with van der Waals surface area (Å²) in [5.74, 6) is 0. The summed E-state index contributed by atoms with van der Waals surface area (Å²) in [6.07, 6.45) is 16.3. The molecule has 0 radical (unpaired) electrons. The zero-order valence-corrected chi connectivity index (χ0v) is 33.5. The molecule has 54 heavy (non-hydrogen) atoms. The van der Waals surface area contributed by atoms with Gasteiger partial charge in [0, 0.05) is 40.2 Å². The van der Waals surface area contributed by atoms with Crippen molar-refractivity contribution in [3.63, 3.8) is 0 Å². The molecule has 0 N–H and O–H groups in total. The Morgan fingerprint density at radius 2 is 1.31 bits per heavy atom. The lowest BCUT2D eigenvalue weighted by molar-refractivity contribution is 1.32. The average Bonchev–Trinajstić information content (AvgIpc) is 3.74. The normalized spacial score (nSPS) is 13.6. The third-order valence-corrected chi connectivity index (χ3v) is 12.7. The Morgan fingerprint density at radius 3 is 2.04 bits per heavy atom. The second kappa shape index (κ2) is 16.2. The van der Waals surface area contributed by atoms with Crippen LogP contribution in [0.3, 0.4) is 0 Å². The molecule has 2 heterocycles. The third-order valence-electron chi connectivity index (χ3n) is 10.2. The van der Waals surface area contributed by atoms with E-state index in [1.54, 1.807) is 0 Å². The maximum atomic E-state index is 4.53. The van der Waals surface area contributed by atoms with Crippen LogP contribution in [0.15, 0.2) is 169 Å².